The van der Waals surface area contributed by atoms with E-state index in [0.29, 0.717) is 11.6 Å². The van der Waals surface area contributed by atoms with Crippen LogP contribution in [0.25, 0.3) is 0 Å². The quantitative estimate of drug-likeness (QED) is 0.880. The second-order valence-electron chi connectivity index (χ2n) is 4.80. The van der Waals surface area contributed by atoms with E-state index in [1.807, 2.05) is 13.8 Å². The van der Waals surface area contributed by atoms with E-state index in [-0.39, 0.29) is 16.8 Å². The minimum Gasteiger partial charge on any atom is -0.352 e. The number of amides is 1. The van der Waals surface area contributed by atoms with Crippen molar-refractivity contribution in [3.8, 4) is 0 Å². The Balaban J connectivity index is 2.12. The molecule has 1 aromatic heterocycles. The van der Waals surface area contributed by atoms with Gasteiger partial charge in [0.2, 0.25) is 5.95 Å². The number of aromatic nitrogens is 2. The minimum atomic E-state index is -0.540. The van der Waals surface area contributed by atoms with Gasteiger partial charge in [-0.1, -0.05) is 18.5 Å². The summed E-state index contributed by atoms with van der Waals surface area (Å²) in [5.74, 6) is -0.571. The molecule has 0 aliphatic heterocycles. The molecule has 2 N–H and O–H groups in total. The smallest absolute Gasteiger partial charge is 0.274 e. The zero-order chi connectivity index (χ0) is 16.1. The van der Waals surface area contributed by atoms with Crippen LogP contribution in [0.15, 0.2) is 30.5 Å². The van der Waals surface area contributed by atoms with Crippen LogP contribution in [-0.4, -0.2) is 21.9 Å². The Labute approximate surface area is 132 Å². The SMILES string of the molecule is CCC(C)Nc1nccc(C(=O)Nc2ccc(F)c(Cl)c2)n1. The molecule has 2 rings (SSSR count). The summed E-state index contributed by atoms with van der Waals surface area (Å²) in [6.45, 7) is 4.03. The van der Waals surface area contributed by atoms with Crippen LogP contribution in [0.1, 0.15) is 30.8 Å². The molecule has 0 aliphatic rings. The van der Waals surface area contributed by atoms with Crippen molar-refractivity contribution in [1.29, 1.82) is 0 Å². The van der Waals surface area contributed by atoms with Gasteiger partial charge in [-0.05, 0) is 37.6 Å². The number of rotatable bonds is 5. The summed E-state index contributed by atoms with van der Waals surface area (Å²) in [4.78, 5) is 20.4. The summed E-state index contributed by atoms with van der Waals surface area (Å²) in [5, 5.41) is 5.65. The molecule has 116 valence electrons. The van der Waals surface area contributed by atoms with Crippen LogP contribution in [0.4, 0.5) is 16.0 Å². The molecule has 1 heterocycles. The third-order valence-corrected chi connectivity index (χ3v) is 3.34. The summed E-state index contributed by atoms with van der Waals surface area (Å²) < 4.78 is 13.1. The monoisotopic (exact) mass is 322 g/mol. The number of hydrogen-bond acceptors (Lipinski definition) is 4. The van der Waals surface area contributed by atoms with Gasteiger partial charge in [0.15, 0.2) is 0 Å². The van der Waals surface area contributed by atoms with Gasteiger partial charge in [-0.3, -0.25) is 4.79 Å². The minimum absolute atomic E-state index is 0.0559. The third kappa shape index (κ3) is 4.14. The number of carbonyl (C=O) groups excluding carboxylic acids is 1. The van der Waals surface area contributed by atoms with Gasteiger partial charge in [0, 0.05) is 17.9 Å². The lowest BCUT2D eigenvalue weighted by atomic mass is 10.3. The summed E-state index contributed by atoms with van der Waals surface area (Å²) in [6, 6.07) is 5.66. The molecule has 0 bridgehead atoms. The van der Waals surface area contributed by atoms with Crippen molar-refractivity contribution in [1.82, 2.24) is 9.97 Å². The van der Waals surface area contributed by atoms with Gasteiger partial charge in [0.25, 0.3) is 5.91 Å². The zero-order valence-corrected chi connectivity index (χ0v) is 13.0. The van der Waals surface area contributed by atoms with E-state index < -0.39 is 11.7 Å². The second kappa shape index (κ2) is 7.17. The number of hydrogen-bond donors (Lipinski definition) is 2. The van der Waals surface area contributed by atoms with Gasteiger partial charge in [0.05, 0.1) is 5.02 Å². The molecule has 0 spiro atoms. The van der Waals surface area contributed by atoms with Gasteiger partial charge in [-0.25, -0.2) is 14.4 Å². The van der Waals surface area contributed by atoms with E-state index in [0.717, 1.165) is 6.42 Å². The molecule has 0 fully saturated rings. The molecule has 1 unspecified atom stereocenters. The van der Waals surface area contributed by atoms with Crippen LogP contribution in [-0.2, 0) is 0 Å². The van der Waals surface area contributed by atoms with Crippen LogP contribution >= 0.6 is 11.6 Å². The molecule has 1 amide bonds. The first-order valence-electron chi connectivity index (χ1n) is 6.85. The predicted molar refractivity (Wildman–Crippen MR) is 84.8 cm³/mol. The number of anilines is 2. The zero-order valence-electron chi connectivity index (χ0n) is 12.2. The summed E-state index contributed by atoms with van der Waals surface area (Å²) in [6.07, 6.45) is 2.41. The molecular weight excluding hydrogens is 307 g/mol. The number of halogens is 2. The highest BCUT2D eigenvalue weighted by Crippen LogP contribution is 2.19. The Morgan fingerprint density at radius 3 is 2.86 bits per heavy atom. The number of benzene rings is 1. The molecule has 7 heteroatoms. The highest BCUT2D eigenvalue weighted by atomic mass is 35.5. The van der Waals surface area contributed by atoms with Crippen LogP contribution in [0.5, 0.6) is 0 Å². The van der Waals surface area contributed by atoms with Gasteiger partial charge in [0.1, 0.15) is 11.5 Å². The maximum absolute atomic E-state index is 13.1. The Morgan fingerprint density at radius 2 is 2.18 bits per heavy atom. The lowest BCUT2D eigenvalue weighted by molar-refractivity contribution is 0.102. The van der Waals surface area contributed by atoms with E-state index in [9.17, 15) is 9.18 Å². The third-order valence-electron chi connectivity index (χ3n) is 3.05. The summed E-state index contributed by atoms with van der Waals surface area (Å²) >= 11 is 5.68. The standard InChI is InChI=1S/C15H16ClFN4O/c1-3-9(2)19-15-18-7-6-13(21-15)14(22)20-10-4-5-12(17)11(16)8-10/h4-9H,3H2,1-2H3,(H,20,22)(H,18,19,21). The van der Waals surface area contributed by atoms with Gasteiger partial charge >= 0.3 is 0 Å². The highest BCUT2D eigenvalue weighted by molar-refractivity contribution is 6.31. The van der Waals surface area contributed by atoms with Crippen LogP contribution in [0.3, 0.4) is 0 Å². The molecule has 5 nitrogen and oxygen atoms in total. The molecular formula is C15H16ClFN4O. The normalized spacial score (nSPS) is 11.8. The summed E-state index contributed by atoms with van der Waals surface area (Å²) in [5.41, 5.74) is 0.604. The fourth-order valence-electron chi connectivity index (χ4n) is 1.65. The number of carbonyl (C=O) groups is 1. The lowest BCUT2D eigenvalue weighted by Gasteiger charge is -2.11. The number of nitrogens with one attached hydrogen (secondary N) is 2. The van der Waals surface area contributed by atoms with E-state index >= 15 is 0 Å². The molecule has 2 aromatic rings. The Bertz CT molecular complexity index is 680. The van der Waals surface area contributed by atoms with Crippen molar-refractivity contribution in [3.63, 3.8) is 0 Å². The fraction of sp³-hybridized carbons (Fsp3) is 0.267. The number of nitrogens with zero attached hydrogens (tertiary/aromatic N) is 2. The van der Waals surface area contributed by atoms with Crippen LogP contribution in [0, 0.1) is 5.82 Å². The summed E-state index contributed by atoms with van der Waals surface area (Å²) in [7, 11) is 0. The second-order valence-corrected chi connectivity index (χ2v) is 5.21. The van der Waals surface area contributed by atoms with Crippen molar-refractivity contribution >= 4 is 29.1 Å². The average molecular weight is 323 g/mol. The molecule has 0 aliphatic carbocycles. The largest absolute Gasteiger partial charge is 0.352 e. The van der Waals surface area contributed by atoms with Crippen molar-refractivity contribution in [2.45, 2.75) is 26.3 Å². The van der Waals surface area contributed by atoms with Crippen LogP contribution in [0.2, 0.25) is 5.02 Å². The van der Waals surface area contributed by atoms with Crippen molar-refractivity contribution < 1.29 is 9.18 Å². The first-order valence-corrected chi connectivity index (χ1v) is 7.23. The predicted octanol–water partition coefficient (Wildman–Crippen LogP) is 3.73. The van der Waals surface area contributed by atoms with Gasteiger partial charge < -0.3 is 10.6 Å². The Morgan fingerprint density at radius 1 is 1.41 bits per heavy atom. The molecule has 22 heavy (non-hydrogen) atoms. The van der Waals surface area contributed by atoms with Gasteiger partial charge in [-0.2, -0.15) is 0 Å². The fourth-order valence-corrected chi connectivity index (χ4v) is 1.83. The molecule has 0 saturated carbocycles. The Hall–Kier alpha value is -2.21. The topological polar surface area (TPSA) is 66.9 Å². The van der Waals surface area contributed by atoms with E-state index in [4.69, 9.17) is 11.6 Å². The van der Waals surface area contributed by atoms with Crippen molar-refractivity contribution in [2.75, 3.05) is 10.6 Å². The highest BCUT2D eigenvalue weighted by Gasteiger charge is 2.11. The average Bonchev–Trinajstić information content (AvgIpc) is 2.51. The maximum Gasteiger partial charge on any atom is 0.274 e. The van der Waals surface area contributed by atoms with Crippen molar-refractivity contribution in [2.24, 2.45) is 0 Å². The first kappa shape index (κ1) is 16.2. The maximum atomic E-state index is 13.1. The first-order chi connectivity index (χ1) is 10.5. The van der Waals surface area contributed by atoms with E-state index in [2.05, 4.69) is 20.6 Å². The molecule has 0 radical (unpaired) electrons. The van der Waals surface area contributed by atoms with Gasteiger partial charge in [-0.15, -0.1) is 0 Å². The van der Waals surface area contributed by atoms with E-state index in [1.165, 1.54) is 30.5 Å². The molecule has 0 saturated heterocycles. The van der Waals surface area contributed by atoms with Crippen molar-refractivity contribution in [3.05, 3.63) is 47.0 Å². The van der Waals surface area contributed by atoms with E-state index in [1.54, 1.807) is 0 Å². The Kier molecular flexibility index (Phi) is 5.27. The molecule has 1 aromatic carbocycles. The lowest BCUT2D eigenvalue weighted by Crippen LogP contribution is -2.19. The molecule has 1 atom stereocenters. The van der Waals surface area contributed by atoms with Crippen LogP contribution < -0.4 is 10.6 Å².